The summed E-state index contributed by atoms with van der Waals surface area (Å²) in [5.74, 6) is 0.0737. The van der Waals surface area contributed by atoms with Gasteiger partial charge in [0.2, 0.25) is 5.91 Å². The van der Waals surface area contributed by atoms with Gasteiger partial charge in [-0.15, -0.1) is 0 Å². The van der Waals surface area contributed by atoms with Crippen LogP contribution in [0.1, 0.15) is 46.1 Å². The maximum atomic E-state index is 12.7. The number of hydrogen-bond donors (Lipinski definition) is 1. The Kier molecular flexibility index (Phi) is 7.66. The number of benzene rings is 1. The molecule has 0 aliphatic carbocycles. The van der Waals surface area contributed by atoms with E-state index in [2.05, 4.69) is 0 Å². The minimum atomic E-state index is -0.497. The van der Waals surface area contributed by atoms with Crippen molar-refractivity contribution in [1.82, 2.24) is 9.80 Å². The smallest absolute Gasteiger partial charge is 0.410 e. The molecule has 2 amide bonds. The molecule has 0 radical (unpaired) electrons. The van der Waals surface area contributed by atoms with Gasteiger partial charge in [0.1, 0.15) is 6.61 Å². The van der Waals surface area contributed by atoms with Gasteiger partial charge < -0.3 is 20.3 Å². The van der Waals surface area contributed by atoms with Gasteiger partial charge in [-0.25, -0.2) is 4.79 Å². The number of likely N-dealkylation sites (tertiary alicyclic amines) is 1. The van der Waals surface area contributed by atoms with E-state index in [0.29, 0.717) is 13.1 Å². The Labute approximate surface area is 162 Å². The predicted molar refractivity (Wildman–Crippen MR) is 106 cm³/mol. The molecule has 2 atom stereocenters. The van der Waals surface area contributed by atoms with Gasteiger partial charge in [-0.2, -0.15) is 0 Å². The maximum absolute atomic E-state index is 12.7. The number of nitrogens with two attached hydrogens (primary N) is 1. The van der Waals surface area contributed by atoms with Gasteiger partial charge in [0.05, 0.1) is 6.04 Å². The van der Waals surface area contributed by atoms with Crippen molar-refractivity contribution in [2.75, 3.05) is 13.1 Å². The zero-order chi connectivity index (χ0) is 20.0. The fourth-order valence-corrected chi connectivity index (χ4v) is 3.32. The van der Waals surface area contributed by atoms with Crippen molar-refractivity contribution >= 4 is 12.0 Å². The van der Waals surface area contributed by atoms with Gasteiger partial charge in [0.15, 0.2) is 0 Å². The number of nitrogens with zero attached hydrogens (tertiary/aromatic N) is 2. The number of carbonyl (C=O) groups is 2. The molecule has 6 heteroatoms. The van der Waals surface area contributed by atoms with E-state index in [0.717, 1.165) is 18.4 Å². The minimum Gasteiger partial charge on any atom is -0.445 e. The molecule has 6 nitrogen and oxygen atoms in total. The Hall–Kier alpha value is -2.08. The van der Waals surface area contributed by atoms with E-state index in [4.69, 9.17) is 10.5 Å². The topological polar surface area (TPSA) is 75.9 Å². The zero-order valence-electron chi connectivity index (χ0n) is 16.9. The van der Waals surface area contributed by atoms with Crippen LogP contribution in [0.5, 0.6) is 0 Å². The second-order valence-corrected chi connectivity index (χ2v) is 7.88. The monoisotopic (exact) mass is 375 g/mol. The molecular formula is C21H33N3O3. The van der Waals surface area contributed by atoms with Crippen LogP contribution in [-0.4, -0.2) is 53.0 Å². The van der Waals surface area contributed by atoms with Crippen molar-refractivity contribution in [3.63, 3.8) is 0 Å². The summed E-state index contributed by atoms with van der Waals surface area (Å²) in [4.78, 5) is 28.9. The summed E-state index contributed by atoms with van der Waals surface area (Å²) in [7, 11) is 0. The summed E-state index contributed by atoms with van der Waals surface area (Å²) in [6.45, 7) is 9.25. The Morgan fingerprint density at radius 2 is 1.89 bits per heavy atom. The Bertz CT molecular complexity index is 618. The van der Waals surface area contributed by atoms with Crippen LogP contribution in [0.25, 0.3) is 0 Å². The first-order chi connectivity index (χ1) is 12.8. The molecule has 150 valence electrons. The third kappa shape index (κ3) is 5.70. The fraction of sp³-hybridized carbons (Fsp3) is 0.619. The molecular weight excluding hydrogens is 342 g/mol. The maximum Gasteiger partial charge on any atom is 0.410 e. The Balaban J connectivity index is 1.99. The van der Waals surface area contributed by atoms with Crippen molar-refractivity contribution in [3.05, 3.63) is 35.9 Å². The quantitative estimate of drug-likeness (QED) is 0.795. The van der Waals surface area contributed by atoms with Crippen molar-refractivity contribution in [2.24, 2.45) is 11.7 Å². The second-order valence-electron chi connectivity index (χ2n) is 7.88. The minimum absolute atomic E-state index is 0.00558. The van der Waals surface area contributed by atoms with Crippen molar-refractivity contribution in [3.8, 4) is 0 Å². The largest absolute Gasteiger partial charge is 0.445 e. The highest BCUT2D eigenvalue weighted by Crippen LogP contribution is 2.22. The summed E-state index contributed by atoms with van der Waals surface area (Å²) < 4.78 is 5.50. The van der Waals surface area contributed by atoms with E-state index >= 15 is 0 Å². The first kappa shape index (κ1) is 21.2. The third-order valence-electron chi connectivity index (χ3n) is 5.13. The lowest BCUT2D eigenvalue weighted by Gasteiger charge is -2.34. The Morgan fingerprint density at radius 1 is 1.22 bits per heavy atom. The number of amides is 2. The van der Waals surface area contributed by atoms with Crippen LogP contribution in [0, 0.1) is 5.92 Å². The van der Waals surface area contributed by atoms with Crippen LogP contribution in [0.3, 0.4) is 0 Å². The average Bonchev–Trinajstić information content (AvgIpc) is 3.11. The first-order valence-electron chi connectivity index (χ1n) is 9.84. The van der Waals surface area contributed by atoms with Crippen LogP contribution in [0.15, 0.2) is 30.3 Å². The van der Waals surface area contributed by atoms with Crippen molar-refractivity contribution < 1.29 is 14.3 Å². The van der Waals surface area contributed by atoms with Crippen LogP contribution in [0.2, 0.25) is 0 Å². The molecule has 0 unspecified atom stereocenters. The van der Waals surface area contributed by atoms with E-state index in [-0.39, 0.29) is 36.6 Å². The van der Waals surface area contributed by atoms with Crippen LogP contribution in [0.4, 0.5) is 4.79 Å². The molecule has 1 heterocycles. The summed E-state index contributed by atoms with van der Waals surface area (Å²) in [5, 5.41) is 0. The number of rotatable bonds is 7. The number of hydrogen-bond acceptors (Lipinski definition) is 4. The molecule has 0 aromatic heterocycles. The molecule has 1 aromatic carbocycles. The molecule has 1 aliphatic heterocycles. The molecule has 2 N–H and O–H groups in total. The first-order valence-corrected chi connectivity index (χ1v) is 9.84. The average molecular weight is 376 g/mol. The highest BCUT2D eigenvalue weighted by molar-refractivity contribution is 5.82. The van der Waals surface area contributed by atoms with Gasteiger partial charge in [0, 0.05) is 25.2 Å². The SMILES string of the molecule is CC(C)[C@H](N)C(=O)N1CCC[C@H]1CN(C(=O)OCc1ccccc1)C(C)C. The molecule has 0 saturated carbocycles. The van der Waals surface area contributed by atoms with Crippen LogP contribution < -0.4 is 5.73 Å². The van der Waals surface area contributed by atoms with Gasteiger partial charge >= 0.3 is 6.09 Å². The highest BCUT2D eigenvalue weighted by atomic mass is 16.6. The van der Waals surface area contributed by atoms with E-state index in [1.807, 2.05) is 62.9 Å². The van der Waals surface area contributed by atoms with Crippen molar-refractivity contribution in [1.29, 1.82) is 0 Å². The summed E-state index contributed by atoms with van der Waals surface area (Å²) >= 11 is 0. The third-order valence-corrected chi connectivity index (χ3v) is 5.13. The van der Waals surface area contributed by atoms with Crippen molar-refractivity contribution in [2.45, 2.75) is 65.3 Å². The summed E-state index contributed by atoms with van der Waals surface area (Å²) in [6, 6.07) is 9.11. The molecule has 0 bridgehead atoms. The number of carbonyl (C=O) groups excluding carboxylic acids is 2. The van der Waals surface area contributed by atoms with Gasteiger partial charge in [0.25, 0.3) is 0 Å². The van der Waals surface area contributed by atoms with E-state index in [1.165, 1.54) is 0 Å². The summed E-state index contributed by atoms with van der Waals surface area (Å²) in [6.07, 6.45) is 1.47. The molecule has 1 aliphatic rings. The predicted octanol–water partition coefficient (Wildman–Crippen LogP) is 3.01. The molecule has 27 heavy (non-hydrogen) atoms. The molecule has 1 fully saturated rings. The number of ether oxygens (including phenoxy) is 1. The summed E-state index contributed by atoms with van der Waals surface area (Å²) in [5.41, 5.74) is 7.02. The standard InChI is InChI=1S/C21H33N3O3/c1-15(2)19(22)20(25)23-12-8-11-18(23)13-24(16(3)4)21(26)27-14-17-9-6-5-7-10-17/h5-7,9-10,15-16,18-19H,8,11-14,22H2,1-4H3/t18-,19-/m0/s1. The lowest BCUT2D eigenvalue weighted by atomic mass is 10.0. The lowest BCUT2D eigenvalue weighted by molar-refractivity contribution is -0.134. The van der Waals surface area contributed by atoms with E-state index < -0.39 is 6.04 Å². The van der Waals surface area contributed by atoms with E-state index in [9.17, 15) is 9.59 Å². The molecule has 1 saturated heterocycles. The van der Waals surface area contributed by atoms with Crippen LogP contribution in [-0.2, 0) is 16.1 Å². The van der Waals surface area contributed by atoms with Gasteiger partial charge in [-0.05, 0) is 38.2 Å². The Morgan fingerprint density at radius 3 is 2.48 bits per heavy atom. The second kappa shape index (κ2) is 9.74. The van der Waals surface area contributed by atoms with Gasteiger partial charge in [-0.3, -0.25) is 4.79 Å². The van der Waals surface area contributed by atoms with Crippen LogP contribution >= 0.6 is 0 Å². The fourth-order valence-electron chi connectivity index (χ4n) is 3.32. The molecule has 1 aromatic rings. The normalized spacial score (nSPS) is 18.0. The van der Waals surface area contributed by atoms with E-state index in [1.54, 1.807) is 4.90 Å². The molecule has 0 spiro atoms. The van der Waals surface area contributed by atoms with Gasteiger partial charge in [-0.1, -0.05) is 44.2 Å². The lowest BCUT2D eigenvalue weighted by Crippen LogP contribution is -2.52. The zero-order valence-corrected chi connectivity index (χ0v) is 16.9. The molecule has 2 rings (SSSR count). The highest BCUT2D eigenvalue weighted by Gasteiger charge is 2.35.